The fraction of sp³-hybridized carbons (Fsp3) is 0.357. The number of imidazole rings is 1. The van der Waals surface area contributed by atoms with E-state index in [-0.39, 0.29) is 11.9 Å². The van der Waals surface area contributed by atoms with Gasteiger partial charge in [0.15, 0.2) is 0 Å². The molecule has 0 aliphatic carbocycles. The van der Waals surface area contributed by atoms with E-state index >= 15 is 0 Å². The summed E-state index contributed by atoms with van der Waals surface area (Å²) in [5.41, 5.74) is 3.09. The second-order valence-electron chi connectivity index (χ2n) is 4.58. The molecule has 0 radical (unpaired) electrons. The van der Waals surface area contributed by atoms with E-state index in [4.69, 9.17) is 0 Å². The first-order valence-corrected chi connectivity index (χ1v) is 6.00. The number of likely N-dealkylation sites (N-methyl/N-ethyl adjacent to an activating group) is 1. The van der Waals surface area contributed by atoms with E-state index in [2.05, 4.69) is 10.3 Å². The van der Waals surface area contributed by atoms with E-state index in [1.165, 1.54) is 6.07 Å². The average Bonchev–Trinajstić information content (AvgIpc) is 2.77. The summed E-state index contributed by atoms with van der Waals surface area (Å²) in [5.74, 6) is -0.188. The molecule has 1 heterocycles. The highest BCUT2D eigenvalue weighted by Gasteiger charge is 2.14. The van der Waals surface area contributed by atoms with Crippen molar-refractivity contribution in [2.24, 2.45) is 7.05 Å². The van der Waals surface area contributed by atoms with Crippen LogP contribution in [0.2, 0.25) is 0 Å². The van der Waals surface area contributed by atoms with Crippen molar-refractivity contribution in [2.75, 3.05) is 7.05 Å². The lowest BCUT2D eigenvalue weighted by Crippen LogP contribution is -2.19. The highest BCUT2D eigenvalue weighted by molar-refractivity contribution is 5.28. The van der Waals surface area contributed by atoms with Gasteiger partial charge < -0.3 is 9.88 Å². The number of rotatable bonds is 4. The first-order chi connectivity index (χ1) is 8.60. The minimum absolute atomic E-state index is 0.103. The fourth-order valence-corrected chi connectivity index (χ4v) is 2.05. The molecule has 1 aromatic carbocycles. The number of nitrogens with zero attached hydrogens (tertiary/aromatic N) is 2. The van der Waals surface area contributed by atoms with Gasteiger partial charge >= 0.3 is 0 Å². The van der Waals surface area contributed by atoms with Crippen molar-refractivity contribution >= 4 is 0 Å². The van der Waals surface area contributed by atoms with E-state index in [0.717, 1.165) is 23.2 Å². The lowest BCUT2D eigenvalue weighted by molar-refractivity contribution is 0.570. The van der Waals surface area contributed by atoms with Crippen LogP contribution in [0.25, 0.3) is 0 Å². The molecule has 18 heavy (non-hydrogen) atoms. The molecule has 1 N–H and O–H groups in total. The molecule has 1 atom stereocenters. The summed E-state index contributed by atoms with van der Waals surface area (Å²) in [6, 6.07) is 5.01. The van der Waals surface area contributed by atoms with E-state index in [1.807, 2.05) is 37.8 Å². The van der Waals surface area contributed by atoms with Crippen LogP contribution in [0.5, 0.6) is 0 Å². The lowest BCUT2D eigenvalue weighted by atomic mass is 9.99. The Morgan fingerprint density at radius 1 is 1.44 bits per heavy atom. The number of nitrogens with one attached hydrogen (secondary N) is 1. The van der Waals surface area contributed by atoms with Crippen molar-refractivity contribution in [2.45, 2.75) is 19.4 Å². The fourth-order valence-electron chi connectivity index (χ4n) is 2.05. The highest BCUT2D eigenvalue weighted by Crippen LogP contribution is 2.19. The van der Waals surface area contributed by atoms with Crippen LogP contribution in [0.1, 0.15) is 22.9 Å². The summed E-state index contributed by atoms with van der Waals surface area (Å²) in [7, 11) is 3.84. The van der Waals surface area contributed by atoms with E-state index < -0.39 is 0 Å². The summed E-state index contributed by atoms with van der Waals surface area (Å²) in [6.45, 7) is 2.00. The van der Waals surface area contributed by atoms with Gasteiger partial charge in [-0.25, -0.2) is 9.37 Å². The van der Waals surface area contributed by atoms with Gasteiger partial charge in [-0.3, -0.25) is 0 Å². The molecule has 0 spiro atoms. The molecule has 1 aromatic heterocycles. The standard InChI is InChI=1S/C14H18FN3/c1-10-4-5-12(15)6-11(10)7-13(16-2)14-8-18(3)9-17-14/h4-6,8-9,13,16H,7H2,1-3H3. The van der Waals surface area contributed by atoms with Gasteiger partial charge in [0.25, 0.3) is 0 Å². The van der Waals surface area contributed by atoms with E-state index in [9.17, 15) is 4.39 Å². The number of benzene rings is 1. The van der Waals surface area contributed by atoms with Crippen LogP contribution in [0.4, 0.5) is 4.39 Å². The second kappa shape index (κ2) is 5.31. The molecular weight excluding hydrogens is 229 g/mol. The van der Waals surface area contributed by atoms with Crippen LogP contribution in [0, 0.1) is 12.7 Å². The molecule has 0 aliphatic heterocycles. The van der Waals surface area contributed by atoms with Gasteiger partial charge in [-0.15, -0.1) is 0 Å². The van der Waals surface area contributed by atoms with Crippen molar-refractivity contribution in [3.05, 3.63) is 53.4 Å². The minimum atomic E-state index is -0.188. The Morgan fingerprint density at radius 2 is 2.22 bits per heavy atom. The SMILES string of the molecule is CNC(Cc1cc(F)ccc1C)c1cn(C)cn1. The summed E-state index contributed by atoms with van der Waals surface area (Å²) in [4.78, 5) is 4.34. The average molecular weight is 247 g/mol. The monoisotopic (exact) mass is 247 g/mol. The Labute approximate surface area is 107 Å². The summed E-state index contributed by atoms with van der Waals surface area (Å²) in [5, 5.41) is 3.23. The maximum Gasteiger partial charge on any atom is 0.123 e. The molecule has 0 amide bonds. The second-order valence-corrected chi connectivity index (χ2v) is 4.58. The number of hydrogen-bond donors (Lipinski definition) is 1. The summed E-state index contributed by atoms with van der Waals surface area (Å²) < 4.78 is 15.2. The van der Waals surface area contributed by atoms with Gasteiger partial charge in [-0.1, -0.05) is 6.07 Å². The zero-order valence-electron chi connectivity index (χ0n) is 10.9. The molecule has 2 aromatic rings. The molecule has 1 unspecified atom stereocenters. The van der Waals surface area contributed by atoms with Crippen LogP contribution >= 0.6 is 0 Å². The lowest BCUT2D eigenvalue weighted by Gasteiger charge is -2.15. The first-order valence-electron chi connectivity index (χ1n) is 6.00. The molecule has 0 bridgehead atoms. The van der Waals surface area contributed by atoms with Gasteiger partial charge in [0, 0.05) is 13.2 Å². The maximum absolute atomic E-state index is 13.3. The molecule has 96 valence electrons. The van der Waals surface area contributed by atoms with Crippen molar-refractivity contribution in [1.82, 2.24) is 14.9 Å². The number of hydrogen-bond acceptors (Lipinski definition) is 2. The number of aromatic nitrogens is 2. The van der Waals surface area contributed by atoms with Crippen LogP contribution in [0.15, 0.2) is 30.7 Å². The molecule has 0 saturated heterocycles. The first kappa shape index (κ1) is 12.8. The van der Waals surface area contributed by atoms with Crippen molar-refractivity contribution in [3.63, 3.8) is 0 Å². The topological polar surface area (TPSA) is 29.9 Å². The Kier molecular flexibility index (Phi) is 3.77. The van der Waals surface area contributed by atoms with Crippen molar-refractivity contribution < 1.29 is 4.39 Å². The maximum atomic E-state index is 13.3. The third-order valence-electron chi connectivity index (χ3n) is 3.17. The van der Waals surface area contributed by atoms with Crippen LogP contribution in [-0.2, 0) is 13.5 Å². The predicted octanol–water partition coefficient (Wildman–Crippen LogP) is 2.37. The van der Waals surface area contributed by atoms with Gasteiger partial charge in [0.1, 0.15) is 5.82 Å². The third kappa shape index (κ3) is 2.76. The van der Waals surface area contributed by atoms with E-state index in [0.29, 0.717) is 0 Å². The van der Waals surface area contributed by atoms with E-state index in [1.54, 1.807) is 12.4 Å². The van der Waals surface area contributed by atoms with Crippen molar-refractivity contribution in [1.29, 1.82) is 0 Å². The molecule has 0 saturated carbocycles. The Hall–Kier alpha value is -1.68. The van der Waals surface area contributed by atoms with Gasteiger partial charge in [0.05, 0.1) is 18.1 Å². The summed E-state index contributed by atoms with van der Waals surface area (Å²) in [6.07, 6.45) is 4.49. The third-order valence-corrected chi connectivity index (χ3v) is 3.17. The Balaban J connectivity index is 2.22. The minimum Gasteiger partial charge on any atom is -0.340 e. The molecule has 4 heteroatoms. The number of aryl methyl sites for hydroxylation is 2. The van der Waals surface area contributed by atoms with Gasteiger partial charge in [-0.05, 0) is 43.7 Å². The largest absolute Gasteiger partial charge is 0.340 e. The number of halogens is 1. The molecule has 3 nitrogen and oxygen atoms in total. The molecule has 0 fully saturated rings. The van der Waals surface area contributed by atoms with Crippen LogP contribution in [-0.4, -0.2) is 16.6 Å². The smallest absolute Gasteiger partial charge is 0.123 e. The van der Waals surface area contributed by atoms with Crippen LogP contribution in [0.3, 0.4) is 0 Å². The molecule has 2 rings (SSSR count). The highest BCUT2D eigenvalue weighted by atomic mass is 19.1. The van der Waals surface area contributed by atoms with Gasteiger partial charge in [-0.2, -0.15) is 0 Å². The summed E-state index contributed by atoms with van der Waals surface area (Å²) >= 11 is 0. The predicted molar refractivity (Wildman–Crippen MR) is 69.8 cm³/mol. The quantitative estimate of drug-likeness (QED) is 0.899. The van der Waals surface area contributed by atoms with Gasteiger partial charge in [0.2, 0.25) is 0 Å². The van der Waals surface area contributed by atoms with Crippen molar-refractivity contribution in [3.8, 4) is 0 Å². The zero-order chi connectivity index (χ0) is 13.1. The molecule has 0 aliphatic rings. The zero-order valence-corrected chi connectivity index (χ0v) is 10.9. The Morgan fingerprint density at radius 3 is 2.83 bits per heavy atom. The normalized spacial score (nSPS) is 12.7. The Bertz CT molecular complexity index is 534. The molecular formula is C14H18FN3. The van der Waals surface area contributed by atoms with Crippen LogP contribution < -0.4 is 5.32 Å².